The molecule has 0 unspecified atom stereocenters. The highest BCUT2D eigenvalue weighted by Gasteiger charge is 2.12. The monoisotopic (exact) mass is 292 g/mol. The van der Waals surface area contributed by atoms with Crippen LogP contribution in [0.3, 0.4) is 0 Å². The quantitative estimate of drug-likeness (QED) is 0.825. The molecule has 2 heteroatoms. The van der Waals surface area contributed by atoms with E-state index in [1.165, 1.54) is 27.8 Å². The van der Waals surface area contributed by atoms with Gasteiger partial charge in [-0.05, 0) is 47.0 Å². The first-order valence-corrected chi connectivity index (χ1v) is 7.95. The summed E-state index contributed by atoms with van der Waals surface area (Å²) in [5.74, 6) is 0. The molecular formula is C20H24N2. The Kier molecular flexibility index (Phi) is 4.19. The highest BCUT2D eigenvalue weighted by Crippen LogP contribution is 2.27. The van der Waals surface area contributed by atoms with Gasteiger partial charge in [0.15, 0.2) is 0 Å². The highest BCUT2D eigenvalue weighted by molar-refractivity contribution is 5.79. The minimum Gasteiger partial charge on any atom is -0.376 e. The summed E-state index contributed by atoms with van der Waals surface area (Å²) in [5, 5.41) is 0. The van der Waals surface area contributed by atoms with Crippen LogP contribution in [0.5, 0.6) is 0 Å². The number of likely N-dealkylation sites (N-methyl/N-ethyl adjacent to an activating group) is 2. The first-order chi connectivity index (χ1) is 10.7. The van der Waals surface area contributed by atoms with Crippen molar-refractivity contribution >= 4 is 11.1 Å². The van der Waals surface area contributed by atoms with E-state index < -0.39 is 0 Å². The minimum absolute atomic E-state index is 0.967. The van der Waals surface area contributed by atoms with Crippen LogP contribution in [-0.4, -0.2) is 37.0 Å². The van der Waals surface area contributed by atoms with Crippen LogP contribution in [0.4, 0.5) is 0 Å². The van der Waals surface area contributed by atoms with Crippen LogP contribution in [0, 0.1) is 0 Å². The lowest BCUT2D eigenvalue weighted by molar-refractivity contribution is 0.487. The SMILES string of the molecule is CCC1=CC(c2cccc(C3=CC=CN(C)C3)c2)=CN(C)C1. The van der Waals surface area contributed by atoms with Gasteiger partial charge in [0.1, 0.15) is 0 Å². The normalized spacial score (nSPS) is 18.0. The summed E-state index contributed by atoms with van der Waals surface area (Å²) in [5.41, 5.74) is 6.79. The van der Waals surface area contributed by atoms with Gasteiger partial charge in [0, 0.05) is 33.4 Å². The van der Waals surface area contributed by atoms with Crippen LogP contribution in [0.1, 0.15) is 24.5 Å². The first kappa shape index (κ1) is 14.7. The van der Waals surface area contributed by atoms with E-state index >= 15 is 0 Å². The lowest BCUT2D eigenvalue weighted by Crippen LogP contribution is -2.18. The number of nitrogens with zero attached hydrogens (tertiary/aromatic N) is 2. The van der Waals surface area contributed by atoms with E-state index in [0.29, 0.717) is 0 Å². The maximum atomic E-state index is 2.35. The van der Waals surface area contributed by atoms with Crippen molar-refractivity contribution < 1.29 is 0 Å². The zero-order valence-corrected chi connectivity index (χ0v) is 13.7. The molecule has 0 aromatic heterocycles. The lowest BCUT2D eigenvalue weighted by Gasteiger charge is -2.24. The average Bonchev–Trinajstić information content (AvgIpc) is 2.54. The van der Waals surface area contributed by atoms with Crippen LogP contribution < -0.4 is 0 Å². The Morgan fingerprint density at radius 1 is 1.05 bits per heavy atom. The molecule has 114 valence electrons. The lowest BCUT2D eigenvalue weighted by atomic mass is 9.95. The van der Waals surface area contributed by atoms with Crippen molar-refractivity contribution in [1.82, 2.24) is 9.80 Å². The second kappa shape index (κ2) is 6.27. The van der Waals surface area contributed by atoms with Crippen molar-refractivity contribution in [2.24, 2.45) is 0 Å². The molecule has 0 bridgehead atoms. The molecule has 0 saturated heterocycles. The third-order valence-electron chi connectivity index (χ3n) is 4.25. The summed E-state index contributed by atoms with van der Waals surface area (Å²) in [4.78, 5) is 4.49. The van der Waals surface area contributed by atoms with Gasteiger partial charge in [-0.1, -0.05) is 42.8 Å². The van der Waals surface area contributed by atoms with E-state index in [4.69, 9.17) is 0 Å². The molecule has 2 aliphatic heterocycles. The van der Waals surface area contributed by atoms with E-state index in [1.54, 1.807) is 0 Å². The number of benzene rings is 1. The minimum atomic E-state index is 0.967. The van der Waals surface area contributed by atoms with E-state index in [0.717, 1.165) is 19.5 Å². The Balaban J connectivity index is 1.93. The van der Waals surface area contributed by atoms with Crippen LogP contribution in [0.15, 0.2) is 60.5 Å². The van der Waals surface area contributed by atoms with Gasteiger partial charge in [0.2, 0.25) is 0 Å². The summed E-state index contributed by atoms with van der Waals surface area (Å²) >= 11 is 0. The first-order valence-electron chi connectivity index (χ1n) is 7.95. The fourth-order valence-corrected chi connectivity index (χ4v) is 3.04. The predicted octanol–water partition coefficient (Wildman–Crippen LogP) is 4.15. The summed E-state index contributed by atoms with van der Waals surface area (Å²) in [7, 11) is 4.26. The summed E-state index contributed by atoms with van der Waals surface area (Å²) in [6, 6.07) is 8.90. The molecule has 0 fully saturated rings. The van der Waals surface area contributed by atoms with Gasteiger partial charge in [-0.15, -0.1) is 0 Å². The topological polar surface area (TPSA) is 6.48 Å². The number of hydrogen-bond acceptors (Lipinski definition) is 2. The Hall–Kier alpha value is -2.22. The molecule has 2 nitrogen and oxygen atoms in total. The zero-order chi connectivity index (χ0) is 15.5. The van der Waals surface area contributed by atoms with Gasteiger partial charge in [-0.25, -0.2) is 0 Å². The maximum absolute atomic E-state index is 2.35. The van der Waals surface area contributed by atoms with E-state index in [-0.39, 0.29) is 0 Å². The zero-order valence-electron chi connectivity index (χ0n) is 13.7. The number of hydrogen-bond donors (Lipinski definition) is 0. The van der Waals surface area contributed by atoms with E-state index in [9.17, 15) is 0 Å². The van der Waals surface area contributed by atoms with Gasteiger partial charge < -0.3 is 9.80 Å². The van der Waals surface area contributed by atoms with E-state index in [2.05, 4.69) is 85.7 Å². The Morgan fingerprint density at radius 2 is 1.86 bits per heavy atom. The fraction of sp³-hybridized carbons (Fsp3) is 0.300. The van der Waals surface area contributed by atoms with Crippen molar-refractivity contribution in [1.29, 1.82) is 0 Å². The maximum Gasteiger partial charge on any atom is 0.0426 e. The van der Waals surface area contributed by atoms with Crippen molar-refractivity contribution in [3.63, 3.8) is 0 Å². The second-order valence-corrected chi connectivity index (χ2v) is 6.19. The molecule has 22 heavy (non-hydrogen) atoms. The molecular weight excluding hydrogens is 268 g/mol. The Morgan fingerprint density at radius 3 is 2.64 bits per heavy atom. The molecule has 0 saturated carbocycles. The van der Waals surface area contributed by atoms with Crippen LogP contribution >= 0.6 is 0 Å². The van der Waals surface area contributed by atoms with E-state index in [1.807, 2.05) is 0 Å². The summed E-state index contributed by atoms with van der Waals surface area (Å²) < 4.78 is 0. The number of allylic oxidation sites excluding steroid dienone is 4. The Bertz CT molecular complexity index is 677. The largest absolute Gasteiger partial charge is 0.376 e. The molecule has 0 N–H and O–H groups in total. The average molecular weight is 292 g/mol. The highest BCUT2D eigenvalue weighted by atomic mass is 15.1. The number of rotatable bonds is 3. The molecule has 0 aliphatic carbocycles. The molecule has 2 heterocycles. The predicted molar refractivity (Wildman–Crippen MR) is 95.2 cm³/mol. The third-order valence-corrected chi connectivity index (χ3v) is 4.25. The van der Waals surface area contributed by atoms with Gasteiger partial charge in [-0.3, -0.25) is 0 Å². The van der Waals surface area contributed by atoms with Crippen LogP contribution in [0.2, 0.25) is 0 Å². The van der Waals surface area contributed by atoms with Gasteiger partial charge >= 0.3 is 0 Å². The van der Waals surface area contributed by atoms with Crippen molar-refractivity contribution in [2.45, 2.75) is 13.3 Å². The van der Waals surface area contributed by atoms with Crippen molar-refractivity contribution in [2.75, 3.05) is 27.2 Å². The molecule has 0 amide bonds. The molecule has 3 rings (SSSR count). The smallest absolute Gasteiger partial charge is 0.0426 e. The summed E-state index contributed by atoms with van der Waals surface area (Å²) in [6.07, 6.45) is 12.2. The molecule has 0 radical (unpaired) electrons. The van der Waals surface area contributed by atoms with Crippen LogP contribution in [0.25, 0.3) is 11.1 Å². The second-order valence-electron chi connectivity index (χ2n) is 6.19. The van der Waals surface area contributed by atoms with Crippen molar-refractivity contribution in [3.8, 4) is 0 Å². The van der Waals surface area contributed by atoms with Gasteiger partial charge in [-0.2, -0.15) is 0 Å². The fourth-order valence-electron chi connectivity index (χ4n) is 3.04. The Labute approximate surface area is 133 Å². The van der Waals surface area contributed by atoms with Gasteiger partial charge in [0.25, 0.3) is 0 Å². The molecule has 2 aliphatic rings. The molecule has 0 spiro atoms. The molecule has 1 aromatic rings. The molecule has 1 aromatic carbocycles. The van der Waals surface area contributed by atoms with Crippen LogP contribution in [-0.2, 0) is 0 Å². The third kappa shape index (κ3) is 3.16. The summed E-state index contributed by atoms with van der Waals surface area (Å²) in [6.45, 7) is 4.24. The van der Waals surface area contributed by atoms with Gasteiger partial charge in [0.05, 0.1) is 0 Å². The molecule has 0 atom stereocenters. The van der Waals surface area contributed by atoms with Crippen molar-refractivity contribution in [3.05, 3.63) is 71.6 Å². The standard InChI is InChI=1S/C20H24N2/c1-4-16-11-20(15-22(3)13-16)18-8-5-7-17(12-18)19-9-6-10-21(2)14-19/h5-12,15H,4,13-14H2,1-3H3.